The van der Waals surface area contributed by atoms with Crippen molar-refractivity contribution in [2.45, 2.75) is 6.42 Å². The first kappa shape index (κ1) is 8.26. The summed E-state index contributed by atoms with van der Waals surface area (Å²) >= 11 is 0. The molecule has 0 bridgehead atoms. The molecule has 0 saturated heterocycles. The molecule has 68 valence electrons. The minimum atomic E-state index is 0.736. The molecular formula is C10H11NO2. The van der Waals surface area contributed by atoms with Crippen molar-refractivity contribution in [1.29, 1.82) is 0 Å². The summed E-state index contributed by atoms with van der Waals surface area (Å²) in [6.45, 7) is 0.736. The van der Waals surface area contributed by atoms with E-state index in [2.05, 4.69) is 4.98 Å². The fraction of sp³-hybridized carbons (Fsp3) is 0.300. The lowest BCUT2D eigenvalue weighted by Gasteiger charge is -1.98. The van der Waals surface area contributed by atoms with E-state index in [1.54, 1.807) is 7.11 Å². The Morgan fingerprint density at radius 3 is 3.23 bits per heavy atom. The van der Waals surface area contributed by atoms with Crippen LogP contribution in [0.2, 0.25) is 0 Å². The van der Waals surface area contributed by atoms with Crippen molar-refractivity contribution in [2.75, 3.05) is 13.7 Å². The topological polar surface area (TPSA) is 35.3 Å². The Kier molecular flexibility index (Phi) is 2.27. The number of oxazole rings is 1. The maximum atomic E-state index is 5.19. The Morgan fingerprint density at radius 2 is 2.38 bits per heavy atom. The molecule has 2 aromatic rings. The zero-order valence-electron chi connectivity index (χ0n) is 7.49. The molecule has 0 spiro atoms. The second-order valence-corrected chi connectivity index (χ2v) is 2.90. The van der Waals surface area contributed by atoms with Crippen molar-refractivity contribution in [2.24, 2.45) is 0 Å². The molecule has 0 aliphatic heterocycles. The highest BCUT2D eigenvalue weighted by molar-refractivity contribution is 5.72. The summed E-state index contributed by atoms with van der Waals surface area (Å²) in [4.78, 5) is 4.04. The molecule has 2 rings (SSSR count). The van der Waals surface area contributed by atoms with Crippen LogP contribution in [0, 0.1) is 0 Å². The van der Waals surface area contributed by atoms with Crippen LogP contribution in [-0.2, 0) is 11.2 Å². The minimum Gasteiger partial charge on any atom is -0.443 e. The standard InChI is InChI=1S/C10H11NO2/c1-12-5-4-8-2-3-9-10(6-8)13-7-11-9/h2-3,6-7H,4-5H2,1H3. The number of aromatic nitrogens is 1. The zero-order chi connectivity index (χ0) is 9.10. The molecule has 3 nitrogen and oxygen atoms in total. The van der Waals surface area contributed by atoms with E-state index in [9.17, 15) is 0 Å². The van der Waals surface area contributed by atoms with Gasteiger partial charge in [-0.3, -0.25) is 0 Å². The van der Waals surface area contributed by atoms with Crippen LogP contribution in [0.15, 0.2) is 29.0 Å². The molecule has 1 heterocycles. The predicted molar refractivity (Wildman–Crippen MR) is 49.6 cm³/mol. The molecule has 0 aliphatic rings. The van der Waals surface area contributed by atoms with E-state index in [0.29, 0.717) is 0 Å². The highest BCUT2D eigenvalue weighted by Gasteiger charge is 1.99. The normalized spacial score (nSPS) is 10.8. The van der Waals surface area contributed by atoms with Gasteiger partial charge in [0, 0.05) is 7.11 Å². The quantitative estimate of drug-likeness (QED) is 0.719. The zero-order valence-corrected chi connectivity index (χ0v) is 7.49. The number of rotatable bonds is 3. The van der Waals surface area contributed by atoms with Crippen molar-refractivity contribution in [3.8, 4) is 0 Å². The maximum Gasteiger partial charge on any atom is 0.181 e. The number of hydrogen-bond acceptors (Lipinski definition) is 3. The first-order valence-electron chi connectivity index (χ1n) is 4.21. The summed E-state index contributed by atoms with van der Waals surface area (Å²) in [5, 5.41) is 0. The first-order chi connectivity index (χ1) is 6.40. The largest absolute Gasteiger partial charge is 0.443 e. The molecule has 13 heavy (non-hydrogen) atoms. The monoisotopic (exact) mass is 177 g/mol. The van der Waals surface area contributed by atoms with E-state index >= 15 is 0 Å². The molecule has 0 N–H and O–H groups in total. The number of ether oxygens (including phenoxy) is 1. The predicted octanol–water partition coefficient (Wildman–Crippen LogP) is 2.02. The molecule has 0 unspecified atom stereocenters. The van der Waals surface area contributed by atoms with Gasteiger partial charge in [-0.15, -0.1) is 0 Å². The van der Waals surface area contributed by atoms with Gasteiger partial charge in [0.05, 0.1) is 6.61 Å². The lowest BCUT2D eigenvalue weighted by atomic mass is 10.1. The van der Waals surface area contributed by atoms with Gasteiger partial charge in [-0.2, -0.15) is 0 Å². The Balaban J connectivity index is 2.26. The van der Waals surface area contributed by atoms with Gasteiger partial charge in [0.1, 0.15) is 5.52 Å². The third-order valence-corrected chi connectivity index (χ3v) is 1.99. The van der Waals surface area contributed by atoms with Crippen molar-refractivity contribution < 1.29 is 9.15 Å². The number of methoxy groups -OCH3 is 1. The van der Waals surface area contributed by atoms with Gasteiger partial charge >= 0.3 is 0 Å². The summed E-state index contributed by atoms with van der Waals surface area (Å²) < 4.78 is 10.2. The molecule has 0 amide bonds. The summed E-state index contributed by atoms with van der Waals surface area (Å²) in [5.41, 5.74) is 2.96. The highest BCUT2D eigenvalue weighted by Crippen LogP contribution is 2.14. The van der Waals surface area contributed by atoms with Gasteiger partial charge in [-0.05, 0) is 24.1 Å². The van der Waals surface area contributed by atoms with Crippen LogP contribution in [0.1, 0.15) is 5.56 Å². The molecule has 0 saturated carbocycles. The van der Waals surface area contributed by atoms with Crippen LogP contribution in [0.4, 0.5) is 0 Å². The van der Waals surface area contributed by atoms with Gasteiger partial charge in [-0.1, -0.05) is 6.07 Å². The second kappa shape index (κ2) is 3.58. The molecule has 0 aliphatic carbocycles. The van der Waals surface area contributed by atoms with Gasteiger partial charge < -0.3 is 9.15 Å². The van der Waals surface area contributed by atoms with Crippen molar-refractivity contribution in [3.05, 3.63) is 30.2 Å². The molecule has 3 heteroatoms. The fourth-order valence-electron chi connectivity index (χ4n) is 1.27. The molecular weight excluding hydrogens is 166 g/mol. The summed E-state index contributed by atoms with van der Waals surface area (Å²) in [6.07, 6.45) is 2.37. The highest BCUT2D eigenvalue weighted by atomic mass is 16.5. The third kappa shape index (κ3) is 1.70. The van der Waals surface area contributed by atoms with Crippen LogP contribution in [0.5, 0.6) is 0 Å². The summed E-state index contributed by atoms with van der Waals surface area (Å²) in [6, 6.07) is 6.01. The van der Waals surface area contributed by atoms with E-state index < -0.39 is 0 Å². The minimum absolute atomic E-state index is 0.736. The van der Waals surface area contributed by atoms with Gasteiger partial charge in [0.25, 0.3) is 0 Å². The van der Waals surface area contributed by atoms with E-state index in [4.69, 9.17) is 9.15 Å². The van der Waals surface area contributed by atoms with Crippen LogP contribution >= 0.6 is 0 Å². The number of hydrogen-bond donors (Lipinski definition) is 0. The molecule has 0 atom stereocenters. The lowest BCUT2D eigenvalue weighted by molar-refractivity contribution is 0.202. The molecule has 0 radical (unpaired) electrons. The van der Waals surface area contributed by atoms with Crippen molar-refractivity contribution >= 4 is 11.1 Å². The van der Waals surface area contributed by atoms with E-state index in [1.807, 2.05) is 18.2 Å². The van der Waals surface area contributed by atoms with E-state index in [1.165, 1.54) is 12.0 Å². The Hall–Kier alpha value is -1.35. The van der Waals surface area contributed by atoms with E-state index in [-0.39, 0.29) is 0 Å². The molecule has 0 fully saturated rings. The average molecular weight is 177 g/mol. The smallest absolute Gasteiger partial charge is 0.181 e. The number of benzene rings is 1. The summed E-state index contributed by atoms with van der Waals surface area (Å²) in [5.74, 6) is 0. The van der Waals surface area contributed by atoms with Gasteiger partial charge in [0.2, 0.25) is 0 Å². The first-order valence-corrected chi connectivity index (χ1v) is 4.21. The average Bonchev–Trinajstić information content (AvgIpc) is 2.61. The van der Waals surface area contributed by atoms with Crippen LogP contribution < -0.4 is 0 Å². The Bertz CT molecular complexity index is 394. The Labute approximate surface area is 76.3 Å². The van der Waals surface area contributed by atoms with Crippen LogP contribution in [0.3, 0.4) is 0 Å². The second-order valence-electron chi connectivity index (χ2n) is 2.90. The van der Waals surface area contributed by atoms with Gasteiger partial charge in [-0.25, -0.2) is 4.98 Å². The maximum absolute atomic E-state index is 5.19. The third-order valence-electron chi connectivity index (χ3n) is 1.99. The van der Waals surface area contributed by atoms with Crippen LogP contribution in [0.25, 0.3) is 11.1 Å². The molecule has 1 aromatic carbocycles. The van der Waals surface area contributed by atoms with Gasteiger partial charge in [0.15, 0.2) is 12.0 Å². The SMILES string of the molecule is COCCc1ccc2ncoc2c1. The Morgan fingerprint density at radius 1 is 1.46 bits per heavy atom. The molecule has 1 aromatic heterocycles. The van der Waals surface area contributed by atoms with E-state index in [0.717, 1.165) is 24.1 Å². The fourth-order valence-corrected chi connectivity index (χ4v) is 1.27. The summed E-state index contributed by atoms with van der Waals surface area (Å²) in [7, 11) is 1.70. The lowest BCUT2D eigenvalue weighted by Crippen LogP contribution is -1.93. The number of fused-ring (bicyclic) bond motifs is 1. The van der Waals surface area contributed by atoms with Crippen molar-refractivity contribution in [1.82, 2.24) is 4.98 Å². The number of nitrogens with zero attached hydrogens (tertiary/aromatic N) is 1. The van der Waals surface area contributed by atoms with Crippen LogP contribution in [-0.4, -0.2) is 18.7 Å². The van der Waals surface area contributed by atoms with Crippen molar-refractivity contribution in [3.63, 3.8) is 0 Å².